The van der Waals surface area contributed by atoms with Gasteiger partial charge in [0, 0.05) is 22.9 Å². The number of hydrogen-bond donors (Lipinski definition) is 1. The lowest BCUT2D eigenvalue weighted by Crippen LogP contribution is -2.14. The van der Waals surface area contributed by atoms with E-state index < -0.39 is 0 Å². The van der Waals surface area contributed by atoms with Crippen molar-refractivity contribution in [3.63, 3.8) is 0 Å². The van der Waals surface area contributed by atoms with Gasteiger partial charge in [-0.25, -0.2) is 9.37 Å². The predicted molar refractivity (Wildman–Crippen MR) is 115 cm³/mol. The van der Waals surface area contributed by atoms with Gasteiger partial charge in [0.1, 0.15) is 21.7 Å². The van der Waals surface area contributed by atoms with Crippen molar-refractivity contribution in [2.24, 2.45) is 0 Å². The number of methoxy groups -OCH3 is 2. The Hall–Kier alpha value is -2.58. The maximum Gasteiger partial charge on any atom is 0.230 e. The van der Waals surface area contributed by atoms with Gasteiger partial charge in [-0.05, 0) is 42.3 Å². The molecule has 0 unspecified atom stereocenters. The third-order valence-corrected chi connectivity index (χ3v) is 6.24. The van der Waals surface area contributed by atoms with Crippen LogP contribution >= 0.6 is 23.1 Å². The Kier molecular flexibility index (Phi) is 7.11. The molecule has 0 aliphatic rings. The number of halogens is 1. The molecule has 3 rings (SSSR count). The van der Waals surface area contributed by atoms with Crippen molar-refractivity contribution in [2.45, 2.75) is 23.4 Å². The summed E-state index contributed by atoms with van der Waals surface area (Å²) in [5.74, 6) is 1.61. The lowest BCUT2D eigenvalue weighted by molar-refractivity contribution is -0.115. The first kappa shape index (κ1) is 21.1. The van der Waals surface area contributed by atoms with Gasteiger partial charge >= 0.3 is 0 Å². The molecule has 0 spiro atoms. The van der Waals surface area contributed by atoms with E-state index in [0.717, 1.165) is 21.4 Å². The Labute approximate surface area is 177 Å². The van der Waals surface area contributed by atoms with Gasteiger partial charge in [0.05, 0.1) is 26.3 Å². The summed E-state index contributed by atoms with van der Waals surface area (Å²) in [5, 5.41) is 4.57. The average molecular weight is 433 g/mol. The number of hydrogen-bond acceptors (Lipinski definition) is 6. The summed E-state index contributed by atoms with van der Waals surface area (Å²) < 4.78 is 25.1. The van der Waals surface area contributed by atoms with Crippen LogP contribution in [0.25, 0.3) is 0 Å². The number of thiazole rings is 1. The van der Waals surface area contributed by atoms with Crippen LogP contribution < -0.4 is 14.8 Å². The molecule has 0 radical (unpaired) electrons. The molecule has 8 heteroatoms. The molecule has 0 fully saturated rings. The summed E-state index contributed by atoms with van der Waals surface area (Å²) in [6, 6.07) is 10.4. The molecule has 1 aromatic heterocycles. The molecular formula is C21H21FN2O3S2. The summed E-state index contributed by atoms with van der Waals surface area (Å²) >= 11 is 3.07. The number of thioether (sulfide) groups is 1. The van der Waals surface area contributed by atoms with E-state index in [9.17, 15) is 9.18 Å². The van der Waals surface area contributed by atoms with Crippen molar-refractivity contribution < 1.29 is 18.7 Å². The summed E-state index contributed by atoms with van der Waals surface area (Å²) in [6.07, 6.45) is 0.138. The van der Waals surface area contributed by atoms with Crippen LogP contribution in [0, 0.1) is 12.7 Å². The Morgan fingerprint density at radius 3 is 2.55 bits per heavy atom. The molecule has 0 atom stereocenters. The Morgan fingerprint density at radius 1 is 1.17 bits per heavy atom. The smallest absolute Gasteiger partial charge is 0.230 e. The fourth-order valence-corrected chi connectivity index (χ4v) is 4.35. The highest BCUT2D eigenvalue weighted by Crippen LogP contribution is 2.30. The van der Waals surface area contributed by atoms with Gasteiger partial charge in [-0.3, -0.25) is 4.79 Å². The minimum absolute atomic E-state index is 0.138. The molecule has 0 saturated heterocycles. The molecule has 152 valence electrons. The highest BCUT2D eigenvalue weighted by molar-refractivity contribution is 8.00. The number of aryl methyl sites for hydroxylation is 1. The number of nitrogens with zero attached hydrogens (tertiary/aromatic N) is 1. The number of nitrogens with one attached hydrogen (secondary N) is 1. The van der Waals surface area contributed by atoms with E-state index in [1.54, 1.807) is 45.0 Å². The van der Waals surface area contributed by atoms with Crippen molar-refractivity contribution in [1.29, 1.82) is 0 Å². The average Bonchev–Trinajstić information content (AvgIpc) is 3.16. The van der Waals surface area contributed by atoms with Crippen LogP contribution in [0.1, 0.15) is 16.8 Å². The minimum Gasteiger partial charge on any atom is -0.497 e. The van der Waals surface area contributed by atoms with Crippen LogP contribution in [0.15, 0.2) is 46.1 Å². The van der Waals surface area contributed by atoms with Gasteiger partial charge in [0.25, 0.3) is 0 Å². The number of rotatable bonds is 8. The number of benzene rings is 2. The molecule has 2 aromatic carbocycles. The van der Waals surface area contributed by atoms with Crippen molar-refractivity contribution in [3.8, 4) is 11.5 Å². The van der Waals surface area contributed by atoms with Crippen LogP contribution in [0.5, 0.6) is 11.5 Å². The lowest BCUT2D eigenvalue weighted by Gasteiger charge is -2.07. The first-order valence-corrected chi connectivity index (χ1v) is 10.7. The minimum atomic E-state index is -0.343. The van der Waals surface area contributed by atoms with Crippen LogP contribution in [0.2, 0.25) is 0 Å². The molecule has 29 heavy (non-hydrogen) atoms. The molecule has 1 N–H and O–H groups in total. The number of amides is 1. The van der Waals surface area contributed by atoms with E-state index in [1.165, 1.54) is 17.4 Å². The van der Waals surface area contributed by atoms with Gasteiger partial charge in [-0.2, -0.15) is 0 Å². The van der Waals surface area contributed by atoms with E-state index in [2.05, 4.69) is 10.3 Å². The van der Waals surface area contributed by atoms with Crippen molar-refractivity contribution in [2.75, 3.05) is 19.5 Å². The maximum absolute atomic E-state index is 13.6. The monoisotopic (exact) mass is 432 g/mol. The summed E-state index contributed by atoms with van der Waals surface area (Å²) in [6.45, 7) is 1.68. The highest BCUT2D eigenvalue weighted by atomic mass is 32.2. The van der Waals surface area contributed by atoms with Gasteiger partial charge < -0.3 is 14.8 Å². The molecule has 0 aliphatic carbocycles. The summed E-state index contributed by atoms with van der Waals surface area (Å²) in [5.41, 5.74) is 2.72. The van der Waals surface area contributed by atoms with E-state index in [0.29, 0.717) is 22.7 Å². The topological polar surface area (TPSA) is 60.5 Å². The summed E-state index contributed by atoms with van der Waals surface area (Å²) in [7, 11) is 3.24. The zero-order chi connectivity index (χ0) is 20.8. The molecule has 0 aliphatic heterocycles. The Balaban J connectivity index is 1.56. The third-order valence-electron chi connectivity index (χ3n) is 4.10. The van der Waals surface area contributed by atoms with E-state index >= 15 is 0 Å². The normalized spacial score (nSPS) is 10.6. The number of aromatic nitrogens is 1. The second-order valence-corrected chi connectivity index (χ2v) is 8.38. The number of anilines is 1. The maximum atomic E-state index is 13.6. The van der Waals surface area contributed by atoms with Crippen LogP contribution in [0.4, 0.5) is 10.1 Å². The number of carbonyl (C=O) groups is 1. The van der Waals surface area contributed by atoms with Crippen LogP contribution in [-0.4, -0.2) is 25.1 Å². The van der Waals surface area contributed by atoms with Crippen molar-refractivity contribution >= 4 is 34.7 Å². The lowest BCUT2D eigenvalue weighted by atomic mass is 10.2. The number of carbonyl (C=O) groups excluding carboxylic acids is 1. The van der Waals surface area contributed by atoms with Gasteiger partial charge in [0.2, 0.25) is 5.91 Å². The predicted octanol–water partition coefficient (Wildman–Crippen LogP) is 5.08. The quantitative estimate of drug-likeness (QED) is 0.503. The highest BCUT2D eigenvalue weighted by Gasteiger charge is 2.10. The zero-order valence-corrected chi connectivity index (χ0v) is 18.0. The third kappa shape index (κ3) is 5.95. The van der Waals surface area contributed by atoms with Gasteiger partial charge in [-0.15, -0.1) is 11.3 Å². The van der Waals surface area contributed by atoms with Crippen molar-refractivity contribution in [1.82, 2.24) is 4.98 Å². The summed E-state index contributed by atoms with van der Waals surface area (Å²) in [4.78, 5) is 16.7. The Morgan fingerprint density at radius 2 is 1.90 bits per heavy atom. The van der Waals surface area contributed by atoms with E-state index in [1.807, 2.05) is 23.6 Å². The molecule has 5 nitrogen and oxygen atoms in total. The fraction of sp³-hybridized carbons (Fsp3) is 0.238. The van der Waals surface area contributed by atoms with Gasteiger partial charge in [-0.1, -0.05) is 17.8 Å². The standard InChI is InChI=1S/C21H21FN2O3S2/c1-13-4-5-15(8-19(13)22)23-20(25)9-16-12-29-21(24-16)28-11-14-6-17(26-2)10-18(7-14)27-3/h4-8,10,12H,9,11H2,1-3H3,(H,23,25). The SMILES string of the molecule is COc1cc(CSc2nc(CC(=O)Nc3ccc(C)c(F)c3)cs2)cc(OC)c1. The first-order chi connectivity index (χ1) is 14.0. The van der Waals surface area contributed by atoms with Crippen LogP contribution in [0.3, 0.4) is 0 Å². The molecule has 1 amide bonds. The Bertz CT molecular complexity index is 985. The molecule has 0 bridgehead atoms. The molecular weight excluding hydrogens is 411 g/mol. The van der Waals surface area contributed by atoms with Crippen molar-refractivity contribution in [3.05, 3.63) is 64.4 Å². The second-order valence-electron chi connectivity index (χ2n) is 6.30. The van der Waals surface area contributed by atoms with E-state index in [-0.39, 0.29) is 18.1 Å². The molecule has 3 aromatic rings. The van der Waals surface area contributed by atoms with Gasteiger partial charge in [0.15, 0.2) is 0 Å². The largest absolute Gasteiger partial charge is 0.497 e. The zero-order valence-electron chi connectivity index (χ0n) is 16.3. The molecule has 1 heterocycles. The molecule has 0 saturated carbocycles. The van der Waals surface area contributed by atoms with Crippen LogP contribution in [-0.2, 0) is 17.0 Å². The number of ether oxygens (including phenoxy) is 2. The van der Waals surface area contributed by atoms with E-state index in [4.69, 9.17) is 9.47 Å². The fourth-order valence-electron chi connectivity index (χ4n) is 2.57. The first-order valence-electron chi connectivity index (χ1n) is 8.82. The second kappa shape index (κ2) is 9.76.